The summed E-state index contributed by atoms with van der Waals surface area (Å²) in [7, 11) is 7.65. The molecule has 2 saturated heterocycles. The van der Waals surface area contributed by atoms with Gasteiger partial charge in [-0.05, 0) is 107 Å². The molecule has 1 N–H and O–H groups in total. The minimum atomic E-state index is -1.88. The first-order chi connectivity index (χ1) is 33.0. The number of Topliss-reactive ketones (excluding diaryl/α,β-unsaturated/α-hetero) is 3. The van der Waals surface area contributed by atoms with Crippen LogP contribution in [0, 0.1) is 29.6 Å². The van der Waals surface area contributed by atoms with Crippen LogP contribution < -0.4 is 0 Å². The number of methoxy groups -OCH3 is 5. The summed E-state index contributed by atoms with van der Waals surface area (Å²) in [6.45, 7) is 11.5. The zero-order valence-electron chi connectivity index (χ0n) is 43.5. The first kappa shape index (κ1) is 58.2. The highest BCUT2D eigenvalue weighted by Gasteiger charge is 2.54. The molecular weight excluding hydrogens is 887 g/mol. The van der Waals surface area contributed by atoms with E-state index in [2.05, 4.69) is 0 Å². The fourth-order valence-electron chi connectivity index (χ4n) is 10.8. The second kappa shape index (κ2) is 28.6. The van der Waals surface area contributed by atoms with Gasteiger partial charge in [-0.2, -0.15) is 0 Å². The molecular formula is C54H85NO14. The van der Waals surface area contributed by atoms with E-state index >= 15 is 0 Å². The normalized spacial score (nSPS) is 37.7. The van der Waals surface area contributed by atoms with E-state index in [0.29, 0.717) is 63.4 Å². The van der Waals surface area contributed by atoms with Crippen molar-refractivity contribution in [3.05, 3.63) is 47.6 Å². The number of fused-ring (bicyclic) bond motifs is 3. The predicted molar refractivity (Wildman–Crippen MR) is 261 cm³/mol. The smallest absolute Gasteiger partial charge is 0.329 e. The van der Waals surface area contributed by atoms with E-state index in [-0.39, 0.29) is 80.2 Å². The lowest BCUT2D eigenvalue weighted by Crippen LogP contribution is -2.61. The maximum atomic E-state index is 14.6. The number of aliphatic hydroxyl groups excluding tert-OH is 1. The number of ether oxygens (including phenoxy) is 8. The second-order valence-corrected chi connectivity index (χ2v) is 20.0. The highest BCUT2D eigenvalue weighted by atomic mass is 16.7. The summed E-state index contributed by atoms with van der Waals surface area (Å²) in [5.41, 5.74) is 1.60. The van der Waals surface area contributed by atoms with Gasteiger partial charge in [-0.1, -0.05) is 64.2 Å². The summed E-state index contributed by atoms with van der Waals surface area (Å²) in [4.78, 5) is 73.3. The number of carbonyl (C=O) groups is 5. The lowest BCUT2D eigenvalue weighted by Gasteiger charge is -2.44. The Hall–Kier alpha value is -3.41. The van der Waals surface area contributed by atoms with Gasteiger partial charge in [-0.15, -0.1) is 0 Å². The van der Waals surface area contributed by atoms with Crippen molar-refractivity contribution in [2.75, 3.05) is 55.3 Å². The average Bonchev–Trinajstić information content (AvgIpc) is 3.35. The standard InChI is InChI=1S/C54H85NO14/c1-34-19-15-13-12-14-16-20-35(2)48(58)50(65-10)49(64-9)38(5)29-36(3)43(57)33-46(37(4)30-40-23-25-44(67-28-27-56)47(31-40)63-8)68-53(61)42-21-17-18-26-55(42)52(60)51(59)54(66-11)39(6)22-24-41(69-54)32-45(34)62-7/h12-15,19,29,35-37,39-42,44-47,49-50,56H,16-18,20-28,30-33H2,1-11H3/b14-12+,15-13+,34-19+,38-29+/t35-,36-,37-,39-,40+,41+,42+,44-,45+,46+,47-,49-,50+,54-/m1/s1. The van der Waals surface area contributed by atoms with Gasteiger partial charge in [0, 0.05) is 72.7 Å². The van der Waals surface area contributed by atoms with E-state index in [1.165, 1.54) is 26.2 Å². The second-order valence-electron chi connectivity index (χ2n) is 20.0. The Balaban J connectivity index is 1.72. The summed E-state index contributed by atoms with van der Waals surface area (Å²) in [5, 5.41) is 9.38. The summed E-state index contributed by atoms with van der Waals surface area (Å²) < 4.78 is 48.2. The number of aliphatic hydroxyl groups is 1. The van der Waals surface area contributed by atoms with Crippen molar-refractivity contribution in [2.24, 2.45) is 29.6 Å². The number of piperidine rings is 1. The van der Waals surface area contributed by atoms with Crippen LogP contribution in [-0.2, 0) is 61.9 Å². The third-order valence-electron chi connectivity index (χ3n) is 15.1. The van der Waals surface area contributed by atoms with Crippen molar-refractivity contribution >= 4 is 29.2 Å². The summed E-state index contributed by atoms with van der Waals surface area (Å²) in [6, 6.07) is -1.07. The van der Waals surface area contributed by atoms with Gasteiger partial charge in [0.2, 0.25) is 5.79 Å². The van der Waals surface area contributed by atoms with Crippen molar-refractivity contribution in [3.63, 3.8) is 0 Å². The summed E-state index contributed by atoms with van der Waals surface area (Å²) >= 11 is 0. The van der Waals surface area contributed by atoms with E-state index in [4.69, 9.17) is 37.9 Å². The molecule has 69 heavy (non-hydrogen) atoms. The topological polar surface area (TPSA) is 183 Å². The number of rotatable bonds is 11. The Bertz CT molecular complexity index is 1810. The van der Waals surface area contributed by atoms with Crippen molar-refractivity contribution < 1.29 is 67.0 Å². The Kier molecular flexibility index (Phi) is 24.1. The number of allylic oxidation sites excluding steroid dienone is 6. The average molecular weight is 972 g/mol. The van der Waals surface area contributed by atoms with Crippen molar-refractivity contribution in [3.8, 4) is 0 Å². The van der Waals surface area contributed by atoms with E-state index < -0.39 is 65.7 Å². The maximum absolute atomic E-state index is 14.6. The molecule has 3 aliphatic heterocycles. The third kappa shape index (κ3) is 15.5. The van der Waals surface area contributed by atoms with E-state index in [0.717, 1.165) is 18.4 Å². The molecule has 0 radical (unpaired) electrons. The van der Waals surface area contributed by atoms with Gasteiger partial charge in [0.15, 0.2) is 5.78 Å². The van der Waals surface area contributed by atoms with E-state index in [1.54, 1.807) is 27.2 Å². The SMILES string of the molecule is CO[C@H]1C[C@@H]2CC[C@@H](C)[C@@](OC)(O2)C(=O)C(=O)N2CCCC[C@H]2C(=O)O[C@H]([C@H](C)C[C@@H]2CC[C@@H](OCCO)[C@H](OC)C2)CC(=O)[C@H](C)/C=C(\C)[C@@H](OC)[C@@H](OC)C(=O)[C@H](C)CC/C=C/C=C/C=C/1C. The van der Waals surface area contributed by atoms with Gasteiger partial charge < -0.3 is 47.9 Å². The molecule has 1 aliphatic carbocycles. The molecule has 1 amide bonds. The van der Waals surface area contributed by atoms with Gasteiger partial charge in [-0.25, -0.2) is 4.79 Å². The van der Waals surface area contributed by atoms with Crippen LogP contribution in [0.2, 0.25) is 0 Å². The monoisotopic (exact) mass is 972 g/mol. The molecule has 3 fully saturated rings. The number of nitrogens with zero attached hydrogens (tertiary/aromatic N) is 1. The predicted octanol–water partition coefficient (Wildman–Crippen LogP) is 7.26. The fourth-order valence-corrected chi connectivity index (χ4v) is 10.8. The zero-order valence-corrected chi connectivity index (χ0v) is 43.5. The fraction of sp³-hybridized carbons (Fsp3) is 0.759. The Labute approximate surface area is 412 Å². The molecule has 14 atom stereocenters. The summed E-state index contributed by atoms with van der Waals surface area (Å²) in [6.07, 6.45) is 14.9. The number of hydrogen-bond acceptors (Lipinski definition) is 14. The molecule has 15 heteroatoms. The molecule has 0 aromatic carbocycles. The van der Waals surface area contributed by atoms with Crippen LogP contribution in [-0.4, -0.2) is 149 Å². The van der Waals surface area contributed by atoms with Crippen LogP contribution in [0.4, 0.5) is 0 Å². The number of carbonyl (C=O) groups excluding carboxylic acids is 5. The van der Waals surface area contributed by atoms with Crippen molar-refractivity contribution in [1.82, 2.24) is 4.90 Å². The largest absolute Gasteiger partial charge is 0.460 e. The molecule has 390 valence electrons. The molecule has 2 bridgehead atoms. The van der Waals surface area contributed by atoms with E-state index in [9.17, 15) is 29.1 Å². The molecule has 0 aromatic heterocycles. The number of amides is 1. The van der Waals surface area contributed by atoms with Crippen molar-refractivity contribution in [2.45, 2.75) is 180 Å². The number of hydrogen-bond donors (Lipinski definition) is 1. The van der Waals surface area contributed by atoms with Crippen LogP contribution in [0.1, 0.15) is 125 Å². The molecule has 3 heterocycles. The van der Waals surface area contributed by atoms with Crippen LogP contribution in [0.5, 0.6) is 0 Å². The molecule has 0 unspecified atom stereocenters. The Morgan fingerprint density at radius 2 is 1.55 bits per heavy atom. The number of esters is 1. The van der Waals surface area contributed by atoms with Gasteiger partial charge in [0.25, 0.3) is 11.7 Å². The van der Waals surface area contributed by atoms with Crippen LogP contribution in [0.15, 0.2) is 47.6 Å². The maximum Gasteiger partial charge on any atom is 0.329 e. The van der Waals surface area contributed by atoms with Crippen molar-refractivity contribution in [1.29, 1.82) is 0 Å². The molecule has 15 nitrogen and oxygen atoms in total. The zero-order chi connectivity index (χ0) is 50.8. The Morgan fingerprint density at radius 3 is 2.22 bits per heavy atom. The first-order valence-corrected chi connectivity index (χ1v) is 25.4. The van der Waals surface area contributed by atoms with Crippen LogP contribution in [0.3, 0.4) is 0 Å². The molecule has 0 aromatic rings. The molecule has 0 spiro atoms. The minimum absolute atomic E-state index is 0.0832. The lowest BCUT2D eigenvalue weighted by atomic mass is 9.78. The lowest BCUT2D eigenvalue weighted by molar-refractivity contribution is -0.277. The first-order valence-electron chi connectivity index (χ1n) is 25.4. The van der Waals surface area contributed by atoms with Crippen LogP contribution in [0.25, 0.3) is 0 Å². The van der Waals surface area contributed by atoms with Gasteiger partial charge >= 0.3 is 5.97 Å². The number of ketones is 3. The molecule has 4 aliphatic rings. The summed E-state index contributed by atoms with van der Waals surface area (Å²) in [5.74, 6) is -6.16. The highest BCUT2D eigenvalue weighted by molar-refractivity contribution is 6.39. The van der Waals surface area contributed by atoms with Gasteiger partial charge in [0.05, 0.1) is 37.6 Å². The van der Waals surface area contributed by atoms with Gasteiger partial charge in [-0.3, -0.25) is 19.2 Å². The highest BCUT2D eigenvalue weighted by Crippen LogP contribution is 2.39. The minimum Gasteiger partial charge on any atom is -0.460 e. The molecule has 1 saturated carbocycles. The van der Waals surface area contributed by atoms with Crippen LogP contribution >= 0.6 is 0 Å². The Morgan fingerprint density at radius 1 is 0.812 bits per heavy atom. The van der Waals surface area contributed by atoms with E-state index in [1.807, 2.05) is 65.0 Å². The quantitative estimate of drug-likeness (QED) is 0.124. The third-order valence-corrected chi connectivity index (χ3v) is 15.1. The number of cyclic esters (lactones) is 1. The van der Waals surface area contributed by atoms with Gasteiger partial charge in [0.1, 0.15) is 30.1 Å². The molecule has 4 rings (SSSR count).